The molecule has 1 aliphatic rings. The molecule has 162 valence electrons. The highest BCUT2D eigenvalue weighted by Gasteiger charge is 2.39. The van der Waals surface area contributed by atoms with Crippen LogP contribution in [0, 0.1) is 0 Å². The largest absolute Gasteiger partial charge is 0.487 e. The molecular formula is C22H27ClN2O4S. The number of halogens is 1. The van der Waals surface area contributed by atoms with Crippen molar-refractivity contribution in [2.75, 3.05) is 17.6 Å². The van der Waals surface area contributed by atoms with Gasteiger partial charge >= 0.3 is 0 Å². The first-order valence-electron chi connectivity index (χ1n) is 9.92. The van der Waals surface area contributed by atoms with Gasteiger partial charge in [0.2, 0.25) is 10.0 Å². The predicted molar refractivity (Wildman–Crippen MR) is 120 cm³/mol. The lowest BCUT2D eigenvalue weighted by molar-refractivity contribution is 0.0227. The SMILES string of the molecule is CCC1(CC)CC(NC(=O)c2cc(N(C)S(C)(=O)=O)ccc2Cl)c2ccccc2O1. The number of hydrogen-bond acceptors (Lipinski definition) is 4. The molecule has 2 aromatic carbocycles. The summed E-state index contributed by atoms with van der Waals surface area (Å²) in [4.78, 5) is 13.2. The number of anilines is 1. The smallest absolute Gasteiger partial charge is 0.253 e. The summed E-state index contributed by atoms with van der Waals surface area (Å²) in [7, 11) is -2.02. The molecule has 0 radical (unpaired) electrons. The van der Waals surface area contributed by atoms with Crippen LogP contribution in [0.1, 0.15) is 55.1 Å². The van der Waals surface area contributed by atoms with Gasteiger partial charge in [0.05, 0.1) is 28.6 Å². The Morgan fingerprint density at radius 1 is 1.23 bits per heavy atom. The number of nitrogens with zero attached hydrogens (tertiary/aromatic N) is 1. The number of rotatable bonds is 6. The molecule has 0 bridgehead atoms. The van der Waals surface area contributed by atoms with E-state index in [9.17, 15) is 13.2 Å². The third-order valence-corrected chi connectivity index (χ3v) is 7.38. The van der Waals surface area contributed by atoms with Gasteiger partial charge in [-0.1, -0.05) is 43.6 Å². The van der Waals surface area contributed by atoms with E-state index in [1.54, 1.807) is 6.07 Å². The molecule has 6 nitrogen and oxygen atoms in total. The maximum absolute atomic E-state index is 13.2. The van der Waals surface area contributed by atoms with E-state index < -0.39 is 10.0 Å². The zero-order valence-electron chi connectivity index (χ0n) is 17.6. The van der Waals surface area contributed by atoms with Crippen LogP contribution >= 0.6 is 11.6 Å². The quantitative estimate of drug-likeness (QED) is 0.700. The van der Waals surface area contributed by atoms with E-state index in [1.165, 1.54) is 19.2 Å². The summed E-state index contributed by atoms with van der Waals surface area (Å²) in [5, 5.41) is 3.35. The van der Waals surface area contributed by atoms with Gasteiger partial charge in [0.1, 0.15) is 11.4 Å². The molecule has 1 unspecified atom stereocenters. The fourth-order valence-electron chi connectivity index (χ4n) is 3.74. The molecule has 1 atom stereocenters. The zero-order valence-corrected chi connectivity index (χ0v) is 19.2. The zero-order chi connectivity index (χ0) is 22.1. The van der Waals surface area contributed by atoms with Crippen molar-refractivity contribution < 1.29 is 17.9 Å². The molecule has 8 heteroatoms. The van der Waals surface area contributed by atoms with Gasteiger partial charge < -0.3 is 10.1 Å². The fourth-order valence-corrected chi connectivity index (χ4v) is 4.44. The van der Waals surface area contributed by atoms with Crippen LogP contribution in [0.25, 0.3) is 0 Å². The van der Waals surface area contributed by atoms with Crippen molar-refractivity contribution in [2.24, 2.45) is 0 Å². The number of benzene rings is 2. The summed E-state index contributed by atoms with van der Waals surface area (Å²) in [6.45, 7) is 4.16. The van der Waals surface area contributed by atoms with Crippen LogP contribution in [0.2, 0.25) is 5.02 Å². The van der Waals surface area contributed by atoms with Gasteiger partial charge in [-0.15, -0.1) is 0 Å². The Morgan fingerprint density at radius 2 is 1.90 bits per heavy atom. The summed E-state index contributed by atoms with van der Waals surface area (Å²) in [5.41, 5.74) is 1.17. The molecule has 1 heterocycles. The molecule has 1 aliphatic heterocycles. The Kier molecular flexibility index (Phi) is 6.34. The van der Waals surface area contributed by atoms with Gasteiger partial charge in [0.15, 0.2) is 0 Å². The van der Waals surface area contributed by atoms with Crippen LogP contribution in [0.5, 0.6) is 5.75 Å². The molecule has 30 heavy (non-hydrogen) atoms. The number of carbonyl (C=O) groups excluding carboxylic acids is 1. The standard InChI is InChI=1S/C22H27ClN2O4S/c1-5-22(6-2)14-19(16-9-7-8-10-20(16)29-22)24-21(26)17-13-15(11-12-18(17)23)25(3)30(4,27)28/h7-13,19H,5-6,14H2,1-4H3,(H,24,26). The summed E-state index contributed by atoms with van der Waals surface area (Å²) < 4.78 is 31.1. The Morgan fingerprint density at radius 3 is 2.53 bits per heavy atom. The van der Waals surface area contributed by atoms with Crippen LogP contribution in [0.3, 0.4) is 0 Å². The minimum absolute atomic E-state index is 0.229. The fraction of sp³-hybridized carbons (Fsp3) is 0.409. The minimum atomic E-state index is -3.46. The van der Waals surface area contributed by atoms with E-state index in [4.69, 9.17) is 16.3 Å². The summed E-state index contributed by atoms with van der Waals surface area (Å²) in [5.74, 6) is 0.418. The molecule has 0 aromatic heterocycles. The lowest BCUT2D eigenvalue weighted by Crippen LogP contribution is -2.44. The van der Waals surface area contributed by atoms with Crippen LogP contribution in [-0.4, -0.2) is 33.2 Å². The molecule has 0 fully saturated rings. The molecular weight excluding hydrogens is 424 g/mol. The van der Waals surface area contributed by atoms with Gasteiger partial charge in [-0.2, -0.15) is 0 Å². The molecule has 3 rings (SSSR count). The predicted octanol–water partition coefficient (Wildman–Crippen LogP) is 4.55. The second kappa shape index (κ2) is 8.47. The average molecular weight is 451 g/mol. The van der Waals surface area contributed by atoms with Crippen molar-refractivity contribution in [1.82, 2.24) is 5.32 Å². The Labute approximate surface area is 183 Å². The highest BCUT2D eigenvalue weighted by atomic mass is 35.5. The minimum Gasteiger partial charge on any atom is -0.487 e. The highest BCUT2D eigenvalue weighted by Crippen LogP contribution is 2.42. The van der Waals surface area contributed by atoms with E-state index in [1.807, 2.05) is 24.3 Å². The molecule has 0 saturated heterocycles. The van der Waals surface area contributed by atoms with E-state index in [0.29, 0.717) is 12.1 Å². The van der Waals surface area contributed by atoms with Crippen molar-refractivity contribution >= 4 is 33.2 Å². The second-order valence-corrected chi connectivity index (χ2v) is 10.1. The average Bonchev–Trinajstić information content (AvgIpc) is 2.72. The van der Waals surface area contributed by atoms with Gasteiger partial charge in [0, 0.05) is 19.0 Å². The van der Waals surface area contributed by atoms with E-state index in [0.717, 1.165) is 34.7 Å². The van der Waals surface area contributed by atoms with Gasteiger partial charge in [-0.05, 0) is 37.1 Å². The summed E-state index contributed by atoms with van der Waals surface area (Å²) in [6, 6.07) is 12.1. The van der Waals surface area contributed by atoms with Gasteiger partial charge in [-0.25, -0.2) is 8.42 Å². The summed E-state index contributed by atoms with van der Waals surface area (Å²) in [6.07, 6.45) is 3.39. The van der Waals surface area contributed by atoms with Crippen molar-refractivity contribution in [1.29, 1.82) is 0 Å². The van der Waals surface area contributed by atoms with Crippen molar-refractivity contribution in [3.05, 3.63) is 58.6 Å². The number of fused-ring (bicyclic) bond motifs is 1. The van der Waals surface area contributed by atoms with Crippen LogP contribution in [-0.2, 0) is 10.0 Å². The Hall–Kier alpha value is -2.25. The maximum Gasteiger partial charge on any atom is 0.253 e. The third-order valence-electron chi connectivity index (χ3n) is 5.85. The number of ether oxygens (including phenoxy) is 1. The number of para-hydroxylation sites is 1. The lowest BCUT2D eigenvalue weighted by atomic mass is 9.83. The molecule has 1 N–H and O–H groups in total. The van der Waals surface area contributed by atoms with Gasteiger partial charge in [-0.3, -0.25) is 9.10 Å². The van der Waals surface area contributed by atoms with Crippen LogP contribution in [0.4, 0.5) is 5.69 Å². The Bertz CT molecular complexity index is 1050. The lowest BCUT2D eigenvalue weighted by Gasteiger charge is -2.41. The molecule has 0 saturated carbocycles. The number of carbonyl (C=O) groups is 1. The maximum atomic E-state index is 13.2. The number of nitrogens with one attached hydrogen (secondary N) is 1. The van der Waals surface area contributed by atoms with Crippen molar-refractivity contribution in [2.45, 2.75) is 44.8 Å². The van der Waals surface area contributed by atoms with E-state index in [-0.39, 0.29) is 28.1 Å². The summed E-state index contributed by atoms with van der Waals surface area (Å²) >= 11 is 6.29. The van der Waals surface area contributed by atoms with Gasteiger partial charge in [0.25, 0.3) is 5.91 Å². The van der Waals surface area contributed by atoms with E-state index >= 15 is 0 Å². The molecule has 0 spiro atoms. The second-order valence-electron chi connectivity index (χ2n) is 7.65. The van der Waals surface area contributed by atoms with Crippen LogP contribution in [0.15, 0.2) is 42.5 Å². The monoisotopic (exact) mass is 450 g/mol. The van der Waals surface area contributed by atoms with Crippen molar-refractivity contribution in [3.8, 4) is 5.75 Å². The highest BCUT2D eigenvalue weighted by molar-refractivity contribution is 7.92. The first kappa shape index (κ1) is 22.4. The molecule has 0 aliphatic carbocycles. The number of sulfonamides is 1. The number of hydrogen-bond donors (Lipinski definition) is 1. The molecule has 2 aromatic rings. The topological polar surface area (TPSA) is 75.7 Å². The van der Waals surface area contributed by atoms with Crippen LogP contribution < -0.4 is 14.4 Å². The Balaban J connectivity index is 1.94. The number of amides is 1. The normalized spacial score (nSPS) is 17.6. The molecule has 1 amide bonds. The first-order chi connectivity index (χ1) is 14.1. The third kappa shape index (κ3) is 4.42. The van der Waals surface area contributed by atoms with E-state index in [2.05, 4.69) is 19.2 Å². The first-order valence-corrected chi connectivity index (χ1v) is 12.1. The van der Waals surface area contributed by atoms with Crippen molar-refractivity contribution in [3.63, 3.8) is 0 Å².